The first-order valence-corrected chi connectivity index (χ1v) is 10.7. The fourth-order valence-electron chi connectivity index (χ4n) is 3.34. The summed E-state index contributed by atoms with van der Waals surface area (Å²) in [6.07, 6.45) is 1.30. The second-order valence-electron chi connectivity index (χ2n) is 7.10. The van der Waals surface area contributed by atoms with Crippen LogP contribution in [0.1, 0.15) is 40.5 Å². The van der Waals surface area contributed by atoms with E-state index in [9.17, 15) is 22.8 Å². The van der Waals surface area contributed by atoms with Crippen LogP contribution in [0.2, 0.25) is 0 Å². The number of carbonyl (C=O) groups excluding carboxylic acids is 3. The highest BCUT2D eigenvalue weighted by atomic mass is 32.2. The lowest BCUT2D eigenvalue weighted by Crippen LogP contribution is -2.31. The first kappa shape index (κ1) is 19.9. The monoisotopic (exact) mass is 429 g/mol. The SMILES string of the molecule is COc1ccc(NC(C)=O)cc1NC(=O)c1ccc2c(c1)S(=O)(=O)N(C1CC1)C2=O. The van der Waals surface area contributed by atoms with E-state index in [0.29, 0.717) is 30.0 Å². The summed E-state index contributed by atoms with van der Waals surface area (Å²) < 4.78 is 31.7. The van der Waals surface area contributed by atoms with Crippen molar-refractivity contribution < 1.29 is 27.5 Å². The molecule has 1 aliphatic carbocycles. The predicted octanol–water partition coefficient (Wildman–Crippen LogP) is 2.21. The van der Waals surface area contributed by atoms with E-state index in [1.165, 1.54) is 38.3 Å². The lowest BCUT2D eigenvalue weighted by Gasteiger charge is -2.13. The quantitative estimate of drug-likeness (QED) is 0.752. The van der Waals surface area contributed by atoms with Gasteiger partial charge in [0.2, 0.25) is 5.91 Å². The molecule has 3 amide bonds. The molecular weight excluding hydrogens is 410 g/mol. The number of carbonyl (C=O) groups is 3. The van der Waals surface area contributed by atoms with Crippen molar-refractivity contribution >= 4 is 39.1 Å². The van der Waals surface area contributed by atoms with Crippen LogP contribution in [0, 0.1) is 0 Å². The van der Waals surface area contributed by atoms with Gasteiger partial charge in [0.25, 0.3) is 21.8 Å². The fraction of sp³-hybridized carbons (Fsp3) is 0.250. The maximum absolute atomic E-state index is 12.8. The van der Waals surface area contributed by atoms with Crippen LogP contribution in [0.15, 0.2) is 41.3 Å². The molecule has 30 heavy (non-hydrogen) atoms. The van der Waals surface area contributed by atoms with Gasteiger partial charge >= 0.3 is 0 Å². The predicted molar refractivity (Wildman–Crippen MR) is 108 cm³/mol. The minimum absolute atomic E-state index is 0.0729. The fourth-order valence-corrected chi connectivity index (χ4v) is 5.18. The van der Waals surface area contributed by atoms with Crippen molar-refractivity contribution in [3.8, 4) is 5.75 Å². The maximum atomic E-state index is 12.8. The average molecular weight is 429 g/mol. The van der Waals surface area contributed by atoms with Crippen LogP contribution in [0.3, 0.4) is 0 Å². The first-order chi connectivity index (χ1) is 14.2. The van der Waals surface area contributed by atoms with Crippen LogP contribution in [0.4, 0.5) is 11.4 Å². The van der Waals surface area contributed by atoms with Gasteiger partial charge in [0.05, 0.1) is 18.4 Å². The molecule has 0 unspecified atom stereocenters. The second kappa shape index (κ2) is 7.13. The van der Waals surface area contributed by atoms with Crippen molar-refractivity contribution in [2.45, 2.75) is 30.7 Å². The van der Waals surface area contributed by atoms with Crippen LogP contribution in [0.25, 0.3) is 0 Å². The Morgan fingerprint density at radius 2 is 1.83 bits per heavy atom. The number of amides is 3. The van der Waals surface area contributed by atoms with Gasteiger partial charge in [-0.2, -0.15) is 0 Å². The summed E-state index contributed by atoms with van der Waals surface area (Å²) in [6, 6.07) is 8.41. The van der Waals surface area contributed by atoms with Crippen LogP contribution in [0.5, 0.6) is 5.75 Å². The van der Waals surface area contributed by atoms with Crippen molar-refractivity contribution in [3.63, 3.8) is 0 Å². The third-order valence-electron chi connectivity index (χ3n) is 4.86. The molecule has 156 valence electrons. The Labute approximate surface area is 173 Å². The normalized spacial score (nSPS) is 16.7. The average Bonchev–Trinajstić information content (AvgIpc) is 3.49. The van der Waals surface area contributed by atoms with Gasteiger partial charge in [-0.05, 0) is 49.2 Å². The van der Waals surface area contributed by atoms with E-state index in [1.54, 1.807) is 12.1 Å². The van der Waals surface area contributed by atoms with Crippen LogP contribution in [-0.2, 0) is 14.8 Å². The molecule has 1 heterocycles. The lowest BCUT2D eigenvalue weighted by atomic mass is 10.1. The molecule has 2 aromatic rings. The van der Waals surface area contributed by atoms with Crippen molar-refractivity contribution in [1.82, 2.24) is 4.31 Å². The molecule has 0 atom stereocenters. The minimum Gasteiger partial charge on any atom is -0.495 e. The Bertz CT molecular complexity index is 1190. The van der Waals surface area contributed by atoms with Gasteiger partial charge in [-0.15, -0.1) is 0 Å². The maximum Gasteiger partial charge on any atom is 0.269 e. The van der Waals surface area contributed by atoms with Crippen molar-refractivity contribution in [1.29, 1.82) is 0 Å². The molecule has 1 saturated carbocycles. The molecule has 10 heteroatoms. The summed E-state index contributed by atoms with van der Waals surface area (Å²) in [4.78, 5) is 36.4. The van der Waals surface area contributed by atoms with E-state index in [1.807, 2.05) is 0 Å². The Hall–Kier alpha value is -3.40. The molecule has 1 aliphatic heterocycles. The van der Waals surface area contributed by atoms with Gasteiger partial charge in [-0.1, -0.05) is 0 Å². The summed E-state index contributed by atoms with van der Waals surface area (Å²) in [5.74, 6) is -1.04. The summed E-state index contributed by atoms with van der Waals surface area (Å²) >= 11 is 0. The smallest absolute Gasteiger partial charge is 0.269 e. The van der Waals surface area contributed by atoms with Gasteiger partial charge in [0, 0.05) is 24.2 Å². The summed E-state index contributed by atoms with van der Waals surface area (Å²) in [6.45, 7) is 1.36. The zero-order chi connectivity index (χ0) is 21.6. The number of hydrogen-bond donors (Lipinski definition) is 2. The van der Waals surface area contributed by atoms with Crippen LogP contribution >= 0.6 is 0 Å². The molecule has 2 N–H and O–H groups in total. The molecule has 0 aromatic heterocycles. The first-order valence-electron chi connectivity index (χ1n) is 9.22. The summed E-state index contributed by atoms with van der Waals surface area (Å²) in [7, 11) is -2.53. The highest BCUT2D eigenvalue weighted by Gasteiger charge is 2.48. The number of sulfonamides is 1. The number of nitrogens with zero attached hydrogens (tertiary/aromatic N) is 1. The highest BCUT2D eigenvalue weighted by Crippen LogP contribution is 2.39. The molecule has 0 bridgehead atoms. The van der Waals surface area contributed by atoms with E-state index in [4.69, 9.17) is 4.74 Å². The topological polar surface area (TPSA) is 122 Å². The zero-order valence-electron chi connectivity index (χ0n) is 16.3. The molecule has 9 nitrogen and oxygen atoms in total. The second-order valence-corrected chi connectivity index (χ2v) is 8.88. The van der Waals surface area contributed by atoms with Crippen LogP contribution < -0.4 is 15.4 Å². The molecular formula is C20H19N3O6S. The molecule has 0 radical (unpaired) electrons. The highest BCUT2D eigenvalue weighted by molar-refractivity contribution is 7.90. The minimum atomic E-state index is -3.96. The van der Waals surface area contributed by atoms with Gasteiger partial charge in [-0.25, -0.2) is 12.7 Å². The molecule has 4 rings (SSSR count). The van der Waals surface area contributed by atoms with E-state index in [0.717, 1.165) is 4.31 Å². The van der Waals surface area contributed by atoms with Crippen molar-refractivity contribution in [2.24, 2.45) is 0 Å². The van der Waals surface area contributed by atoms with Gasteiger partial charge in [-0.3, -0.25) is 14.4 Å². The molecule has 0 spiro atoms. The Morgan fingerprint density at radius 3 is 2.47 bits per heavy atom. The lowest BCUT2D eigenvalue weighted by molar-refractivity contribution is -0.114. The zero-order valence-corrected chi connectivity index (χ0v) is 17.1. The molecule has 2 aromatic carbocycles. The van der Waals surface area contributed by atoms with Crippen molar-refractivity contribution in [3.05, 3.63) is 47.5 Å². The molecule has 1 fully saturated rings. The summed E-state index contributed by atoms with van der Waals surface area (Å²) in [5, 5.41) is 5.27. The number of anilines is 2. The number of methoxy groups -OCH3 is 1. The van der Waals surface area contributed by atoms with Gasteiger partial charge in [0.1, 0.15) is 10.6 Å². The van der Waals surface area contributed by atoms with E-state index in [2.05, 4.69) is 10.6 Å². The number of rotatable bonds is 5. The third-order valence-corrected chi connectivity index (χ3v) is 6.73. The van der Waals surface area contributed by atoms with E-state index in [-0.39, 0.29) is 28.0 Å². The van der Waals surface area contributed by atoms with Gasteiger partial charge in [0.15, 0.2) is 0 Å². The summed E-state index contributed by atoms with van der Waals surface area (Å²) in [5.41, 5.74) is 0.909. The third kappa shape index (κ3) is 3.39. The molecule has 2 aliphatic rings. The van der Waals surface area contributed by atoms with Crippen molar-refractivity contribution in [2.75, 3.05) is 17.7 Å². The number of benzene rings is 2. The Morgan fingerprint density at radius 1 is 1.10 bits per heavy atom. The number of ether oxygens (including phenoxy) is 1. The van der Waals surface area contributed by atoms with Gasteiger partial charge < -0.3 is 15.4 Å². The number of fused-ring (bicyclic) bond motifs is 1. The van der Waals surface area contributed by atoms with Crippen LogP contribution in [-0.4, -0.2) is 43.6 Å². The Kier molecular flexibility index (Phi) is 4.73. The standard InChI is InChI=1S/C20H19N3O6S/c1-11(24)21-13-4-8-17(29-2)16(10-13)22-19(25)12-3-7-15-18(9-12)30(27,28)23(20(15)26)14-5-6-14/h3-4,7-10,14H,5-6H2,1-2H3,(H,21,24)(H,22,25). The Balaban J connectivity index is 1.64. The largest absolute Gasteiger partial charge is 0.495 e. The molecule has 0 saturated heterocycles. The number of hydrogen-bond acceptors (Lipinski definition) is 6. The van der Waals surface area contributed by atoms with E-state index < -0.39 is 21.8 Å². The number of nitrogens with one attached hydrogen (secondary N) is 2. The van der Waals surface area contributed by atoms with E-state index >= 15 is 0 Å².